The molecule has 25 heavy (non-hydrogen) atoms. The molecule has 2 heterocycles. The lowest BCUT2D eigenvalue weighted by Gasteiger charge is -2.04. The van der Waals surface area contributed by atoms with Crippen LogP contribution in [0.5, 0.6) is 5.75 Å². The van der Waals surface area contributed by atoms with Gasteiger partial charge in [0.1, 0.15) is 22.9 Å². The molecular weight excluding hydrogens is 332 g/mol. The van der Waals surface area contributed by atoms with Crippen LogP contribution >= 0.6 is 0 Å². The van der Waals surface area contributed by atoms with Crippen LogP contribution in [0, 0.1) is 11.6 Å². The van der Waals surface area contributed by atoms with Crippen LogP contribution in [0.3, 0.4) is 0 Å². The van der Waals surface area contributed by atoms with Crippen molar-refractivity contribution in [3.63, 3.8) is 0 Å². The smallest absolute Gasteiger partial charge is 0.267 e. The van der Waals surface area contributed by atoms with Gasteiger partial charge in [-0.25, -0.2) is 8.78 Å². The number of rotatable bonds is 2. The van der Waals surface area contributed by atoms with E-state index in [4.69, 9.17) is 4.52 Å². The van der Waals surface area contributed by atoms with Crippen molar-refractivity contribution in [3.05, 3.63) is 64.5 Å². The third-order valence-electron chi connectivity index (χ3n) is 3.69. The van der Waals surface area contributed by atoms with Crippen molar-refractivity contribution in [2.75, 3.05) is 0 Å². The van der Waals surface area contributed by atoms with Crippen molar-refractivity contribution in [1.29, 1.82) is 0 Å². The lowest BCUT2D eigenvalue weighted by Crippen LogP contribution is -2.09. The van der Waals surface area contributed by atoms with E-state index in [1.165, 1.54) is 30.3 Å². The highest BCUT2D eigenvalue weighted by molar-refractivity contribution is 5.90. The molecule has 4 aromatic rings. The van der Waals surface area contributed by atoms with E-state index in [1.807, 2.05) is 0 Å². The van der Waals surface area contributed by atoms with E-state index in [0.29, 0.717) is 5.56 Å². The van der Waals surface area contributed by atoms with Gasteiger partial charge in [0.2, 0.25) is 5.82 Å². The summed E-state index contributed by atoms with van der Waals surface area (Å²) in [6.07, 6.45) is 0. The number of hydrogen-bond acceptors (Lipinski definition) is 5. The van der Waals surface area contributed by atoms with Gasteiger partial charge in [-0.3, -0.25) is 4.79 Å². The first-order valence-corrected chi connectivity index (χ1v) is 7.17. The highest BCUT2D eigenvalue weighted by atomic mass is 19.1. The average Bonchev–Trinajstić information content (AvgIpc) is 3.04. The number of aromatic hydroxyl groups is 1. The van der Waals surface area contributed by atoms with Crippen molar-refractivity contribution in [2.24, 2.45) is 0 Å². The van der Waals surface area contributed by atoms with Crippen LogP contribution in [0.25, 0.3) is 33.7 Å². The monoisotopic (exact) mass is 341 g/mol. The molecule has 124 valence electrons. The van der Waals surface area contributed by atoms with Crippen molar-refractivity contribution in [1.82, 2.24) is 15.1 Å². The van der Waals surface area contributed by atoms with E-state index in [-0.39, 0.29) is 28.2 Å². The highest BCUT2D eigenvalue weighted by Crippen LogP contribution is 2.32. The molecule has 4 rings (SSSR count). The molecule has 0 saturated carbocycles. The van der Waals surface area contributed by atoms with Crippen LogP contribution in [0.1, 0.15) is 0 Å². The van der Waals surface area contributed by atoms with Crippen LogP contribution in [0.4, 0.5) is 8.78 Å². The second-order valence-electron chi connectivity index (χ2n) is 5.30. The first kappa shape index (κ1) is 15.0. The van der Waals surface area contributed by atoms with Crippen LogP contribution in [-0.4, -0.2) is 20.2 Å². The molecule has 0 bridgehead atoms. The van der Waals surface area contributed by atoms with E-state index in [9.17, 15) is 18.7 Å². The first-order valence-electron chi connectivity index (χ1n) is 7.17. The van der Waals surface area contributed by atoms with Gasteiger partial charge in [0.15, 0.2) is 0 Å². The lowest BCUT2D eigenvalue weighted by atomic mass is 10.1. The third-order valence-corrected chi connectivity index (χ3v) is 3.69. The Hall–Kier alpha value is -3.55. The maximum Gasteiger partial charge on any atom is 0.267 e. The van der Waals surface area contributed by atoms with E-state index >= 15 is 0 Å². The predicted molar refractivity (Wildman–Crippen MR) is 84.9 cm³/mol. The third kappa shape index (κ3) is 2.53. The summed E-state index contributed by atoms with van der Waals surface area (Å²) in [6.45, 7) is 0. The summed E-state index contributed by atoms with van der Waals surface area (Å²) in [7, 11) is 0. The van der Waals surface area contributed by atoms with Crippen LogP contribution < -0.4 is 5.56 Å². The Kier molecular flexibility index (Phi) is 3.31. The molecule has 0 atom stereocenters. The van der Waals surface area contributed by atoms with Crippen molar-refractivity contribution < 1.29 is 18.4 Å². The van der Waals surface area contributed by atoms with Crippen LogP contribution in [0.2, 0.25) is 0 Å². The lowest BCUT2D eigenvalue weighted by molar-refractivity contribution is 0.426. The molecule has 6 nitrogen and oxygen atoms in total. The molecule has 2 N–H and O–H groups in total. The minimum Gasteiger partial charge on any atom is -0.506 e. The maximum atomic E-state index is 13.3. The number of aromatic amines is 1. The maximum absolute atomic E-state index is 13.3. The number of benzene rings is 2. The topological polar surface area (TPSA) is 92.0 Å². The van der Waals surface area contributed by atoms with Crippen molar-refractivity contribution in [2.45, 2.75) is 0 Å². The number of nitrogens with zero attached hydrogens (tertiary/aromatic N) is 2. The molecule has 0 saturated heterocycles. The Morgan fingerprint density at radius 3 is 2.52 bits per heavy atom. The molecule has 0 aliphatic heterocycles. The van der Waals surface area contributed by atoms with Crippen LogP contribution in [-0.2, 0) is 0 Å². The number of pyridine rings is 1. The van der Waals surface area contributed by atoms with Gasteiger partial charge in [-0.1, -0.05) is 5.16 Å². The number of nitrogens with one attached hydrogen (secondary N) is 1. The Morgan fingerprint density at radius 1 is 1.04 bits per heavy atom. The SMILES string of the molecule is O=c1[nH]c2cc(F)ccc2c(O)c1-c1nc(-c2ccc(F)cc2)no1. The fraction of sp³-hybridized carbons (Fsp3) is 0. The fourth-order valence-corrected chi connectivity index (χ4v) is 2.49. The van der Waals surface area contributed by atoms with Crippen molar-refractivity contribution >= 4 is 10.9 Å². The highest BCUT2D eigenvalue weighted by Gasteiger charge is 2.20. The van der Waals surface area contributed by atoms with Gasteiger partial charge < -0.3 is 14.6 Å². The summed E-state index contributed by atoms with van der Waals surface area (Å²) in [5, 5.41) is 14.3. The molecular formula is C17H9F2N3O3. The Labute approximate surface area is 138 Å². The largest absolute Gasteiger partial charge is 0.506 e. The number of halogens is 2. The van der Waals surface area contributed by atoms with E-state index in [2.05, 4.69) is 15.1 Å². The predicted octanol–water partition coefficient (Wildman–Crippen LogP) is 3.23. The zero-order valence-corrected chi connectivity index (χ0v) is 12.5. The summed E-state index contributed by atoms with van der Waals surface area (Å²) in [5.41, 5.74) is -0.301. The summed E-state index contributed by atoms with van der Waals surface area (Å²) in [6, 6.07) is 8.96. The number of aromatic nitrogens is 3. The van der Waals surface area contributed by atoms with Gasteiger partial charge in [-0.15, -0.1) is 0 Å². The van der Waals surface area contributed by atoms with E-state index in [0.717, 1.165) is 12.1 Å². The van der Waals surface area contributed by atoms with Gasteiger partial charge in [-0.2, -0.15) is 4.98 Å². The molecule has 2 aromatic carbocycles. The molecule has 0 unspecified atom stereocenters. The van der Waals surface area contributed by atoms with Gasteiger partial charge in [-0.05, 0) is 42.5 Å². The summed E-state index contributed by atoms with van der Waals surface area (Å²) >= 11 is 0. The minimum absolute atomic E-state index is 0.132. The number of fused-ring (bicyclic) bond motifs is 1. The summed E-state index contributed by atoms with van der Waals surface area (Å²) < 4.78 is 31.3. The molecule has 0 aliphatic rings. The van der Waals surface area contributed by atoms with Gasteiger partial charge in [0, 0.05) is 10.9 Å². The summed E-state index contributed by atoms with van der Waals surface area (Å²) in [5.74, 6) is -1.43. The Morgan fingerprint density at radius 2 is 1.76 bits per heavy atom. The number of hydrogen-bond donors (Lipinski definition) is 2. The second kappa shape index (κ2) is 5.52. The van der Waals surface area contributed by atoms with Gasteiger partial charge in [0.25, 0.3) is 11.4 Å². The first-order chi connectivity index (χ1) is 12.0. The van der Waals surface area contributed by atoms with Crippen LogP contribution in [0.15, 0.2) is 51.8 Å². The van der Waals surface area contributed by atoms with E-state index in [1.54, 1.807) is 0 Å². The molecule has 0 radical (unpaired) electrons. The normalized spacial score (nSPS) is 11.1. The Bertz CT molecular complexity index is 1150. The van der Waals surface area contributed by atoms with Gasteiger partial charge in [0.05, 0.1) is 5.52 Å². The summed E-state index contributed by atoms with van der Waals surface area (Å²) in [4.78, 5) is 18.8. The molecule has 0 amide bonds. The molecule has 2 aromatic heterocycles. The van der Waals surface area contributed by atoms with Crippen molar-refractivity contribution in [3.8, 4) is 28.6 Å². The number of H-pyrrole nitrogens is 1. The zero-order valence-electron chi connectivity index (χ0n) is 12.5. The second-order valence-corrected chi connectivity index (χ2v) is 5.30. The Balaban J connectivity index is 1.86. The molecule has 0 aliphatic carbocycles. The zero-order chi connectivity index (χ0) is 17.6. The standard InChI is InChI=1S/C17H9F2N3O3/c18-9-3-1-8(2-4-9)15-21-17(25-22-15)13-14(23)11-6-5-10(19)7-12(11)20-16(13)24/h1-7H,(H2,20,23,24). The fourth-order valence-electron chi connectivity index (χ4n) is 2.49. The van der Waals surface area contributed by atoms with Gasteiger partial charge >= 0.3 is 0 Å². The minimum atomic E-state index is -0.704. The van der Waals surface area contributed by atoms with E-state index < -0.39 is 22.9 Å². The average molecular weight is 341 g/mol. The molecule has 0 fully saturated rings. The molecule has 8 heteroatoms. The quantitative estimate of drug-likeness (QED) is 0.584. The molecule has 0 spiro atoms.